The van der Waals surface area contributed by atoms with Gasteiger partial charge in [0.2, 0.25) is 0 Å². The van der Waals surface area contributed by atoms with Gasteiger partial charge in [-0.1, -0.05) is 13.0 Å². The topological polar surface area (TPSA) is 52.7 Å². The van der Waals surface area contributed by atoms with Crippen LogP contribution in [-0.2, 0) is 16.0 Å². The lowest BCUT2D eigenvalue weighted by Crippen LogP contribution is -2.56. The Kier molecular flexibility index (Phi) is 6.17. The number of nitrogens with zero attached hydrogens (tertiary/aromatic N) is 2. The Hall–Kier alpha value is -1.92. The van der Waals surface area contributed by atoms with Crippen LogP contribution in [0.2, 0.25) is 0 Å². The summed E-state index contributed by atoms with van der Waals surface area (Å²) < 4.78 is 0. The van der Waals surface area contributed by atoms with Crippen LogP contribution in [0.3, 0.4) is 0 Å². The minimum atomic E-state index is -0.436. The van der Waals surface area contributed by atoms with Gasteiger partial charge in [-0.3, -0.25) is 19.8 Å². The van der Waals surface area contributed by atoms with Gasteiger partial charge in [-0.25, -0.2) is 0 Å². The van der Waals surface area contributed by atoms with E-state index in [1.807, 2.05) is 19.9 Å². The number of carbonyl (C=O) groups is 2. The van der Waals surface area contributed by atoms with Crippen molar-refractivity contribution in [2.24, 2.45) is 0 Å². The number of carbonyl (C=O) groups excluding carboxylic acids is 2. The number of benzene rings is 1. The number of fused-ring (bicyclic) bond motifs is 1. The molecule has 3 rings (SSSR count). The molecule has 0 spiro atoms. The van der Waals surface area contributed by atoms with Crippen molar-refractivity contribution in [2.45, 2.75) is 39.2 Å². The molecule has 0 aromatic heterocycles. The summed E-state index contributed by atoms with van der Waals surface area (Å²) in [5, 5.41) is 2.82. The van der Waals surface area contributed by atoms with Gasteiger partial charge in [-0.15, -0.1) is 11.6 Å². The summed E-state index contributed by atoms with van der Waals surface area (Å²) in [6, 6.07) is 6.01. The molecule has 27 heavy (non-hydrogen) atoms. The van der Waals surface area contributed by atoms with Crippen LogP contribution < -0.4 is 10.2 Å². The zero-order valence-corrected chi connectivity index (χ0v) is 17.2. The van der Waals surface area contributed by atoms with E-state index in [-0.39, 0.29) is 22.6 Å². The highest BCUT2D eigenvalue weighted by atomic mass is 35.5. The largest absolute Gasteiger partial charge is 0.371 e. The molecule has 2 aliphatic rings. The van der Waals surface area contributed by atoms with Gasteiger partial charge in [0, 0.05) is 30.7 Å². The third-order valence-corrected chi connectivity index (χ3v) is 5.70. The molecule has 7 heteroatoms. The van der Waals surface area contributed by atoms with Crippen LogP contribution in [0.4, 0.5) is 5.69 Å². The number of nitrogens with one attached hydrogen (secondary N) is 1. The molecule has 1 saturated heterocycles. The maximum Gasteiger partial charge on any atom is 0.265 e. The predicted octanol–water partition coefficient (Wildman–Crippen LogP) is 3.10. The van der Waals surface area contributed by atoms with Gasteiger partial charge >= 0.3 is 0 Å². The van der Waals surface area contributed by atoms with E-state index in [0.29, 0.717) is 5.88 Å². The molecule has 2 aliphatic heterocycles. The number of alkyl halides is 1. The Bertz CT molecular complexity index is 808. The molecular weight excluding hydrogens is 382 g/mol. The quantitative estimate of drug-likeness (QED) is 0.342. The lowest BCUT2D eigenvalue weighted by Gasteiger charge is -2.33. The second kappa shape index (κ2) is 8.40. The van der Waals surface area contributed by atoms with Crippen molar-refractivity contribution in [3.63, 3.8) is 0 Å². The van der Waals surface area contributed by atoms with Crippen LogP contribution in [0.15, 0.2) is 23.8 Å². The van der Waals surface area contributed by atoms with Gasteiger partial charge in [0.1, 0.15) is 5.57 Å². The SMILES string of the molecule is CCC(C)N1C(=O)/C(=C/c2ccc3c(c2)CCN3CCCCl)C(=O)NC1=S. The summed E-state index contributed by atoms with van der Waals surface area (Å²) in [5.41, 5.74) is 3.42. The maximum absolute atomic E-state index is 12.8. The van der Waals surface area contributed by atoms with Crippen molar-refractivity contribution in [2.75, 3.05) is 23.9 Å². The summed E-state index contributed by atoms with van der Waals surface area (Å²) in [7, 11) is 0. The van der Waals surface area contributed by atoms with Crippen molar-refractivity contribution in [3.8, 4) is 0 Å². The van der Waals surface area contributed by atoms with Gasteiger partial charge in [-0.05, 0) is 67.7 Å². The molecule has 144 valence electrons. The average molecular weight is 406 g/mol. The second-order valence-corrected chi connectivity index (χ2v) is 7.68. The number of anilines is 1. The molecular formula is C20H24ClN3O2S. The Labute approximate surface area is 170 Å². The molecule has 0 bridgehead atoms. The van der Waals surface area contributed by atoms with E-state index in [0.717, 1.165) is 37.9 Å². The molecule has 0 radical (unpaired) electrons. The van der Waals surface area contributed by atoms with Crippen molar-refractivity contribution in [1.29, 1.82) is 0 Å². The molecule has 1 unspecified atom stereocenters. The maximum atomic E-state index is 12.8. The van der Waals surface area contributed by atoms with Crippen molar-refractivity contribution in [1.82, 2.24) is 10.2 Å². The molecule has 0 saturated carbocycles. The van der Waals surface area contributed by atoms with Crippen LogP contribution in [0.25, 0.3) is 6.08 Å². The number of thiocarbonyl (C=S) groups is 1. The van der Waals surface area contributed by atoms with Crippen LogP contribution >= 0.6 is 23.8 Å². The van der Waals surface area contributed by atoms with Gasteiger partial charge in [-0.2, -0.15) is 0 Å². The Balaban J connectivity index is 1.86. The molecule has 0 aliphatic carbocycles. The number of rotatable bonds is 6. The van der Waals surface area contributed by atoms with E-state index in [1.54, 1.807) is 6.08 Å². The third-order valence-electron chi connectivity index (χ3n) is 5.13. The van der Waals surface area contributed by atoms with E-state index >= 15 is 0 Å². The number of hydrogen-bond acceptors (Lipinski definition) is 4. The second-order valence-electron chi connectivity index (χ2n) is 6.92. The van der Waals surface area contributed by atoms with Crippen LogP contribution in [-0.4, -0.2) is 46.8 Å². The fraction of sp³-hybridized carbons (Fsp3) is 0.450. The molecule has 1 atom stereocenters. The molecule has 5 nitrogen and oxygen atoms in total. The first-order chi connectivity index (χ1) is 13.0. The van der Waals surface area contributed by atoms with Gasteiger partial charge in [0.05, 0.1) is 0 Å². The molecule has 2 amide bonds. The van der Waals surface area contributed by atoms with Gasteiger partial charge in [0.25, 0.3) is 11.8 Å². The van der Waals surface area contributed by atoms with Gasteiger partial charge in [0.15, 0.2) is 5.11 Å². The summed E-state index contributed by atoms with van der Waals surface area (Å²) in [5.74, 6) is -0.113. The van der Waals surface area contributed by atoms with Crippen molar-refractivity contribution >= 4 is 52.5 Å². The monoisotopic (exact) mass is 405 g/mol. The molecule has 1 N–H and O–H groups in total. The Morgan fingerprint density at radius 1 is 1.37 bits per heavy atom. The van der Waals surface area contributed by atoms with E-state index in [1.165, 1.54) is 16.2 Å². The number of amides is 2. The first-order valence-electron chi connectivity index (χ1n) is 9.30. The summed E-state index contributed by atoms with van der Waals surface area (Å²) >= 11 is 11.0. The van der Waals surface area contributed by atoms with Crippen molar-refractivity contribution < 1.29 is 9.59 Å². The van der Waals surface area contributed by atoms with Gasteiger partial charge < -0.3 is 4.90 Å². The lowest BCUT2D eigenvalue weighted by atomic mass is 10.0. The standard InChI is InChI=1S/C20H24ClN3O2S/c1-3-13(2)24-19(26)16(18(25)22-20(24)27)12-14-5-6-17-15(11-14)7-10-23(17)9-4-8-21/h5-6,11-13H,3-4,7-10H2,1-2H3,(H,22,25,27)/b16-12+. The fourth-order valence-corrected chi connectivity index (χ4v) is 3.96. The lowest BCUT2D eigenvalue weighted by molar-refractivity contribution is -0.130. The average Bonchev–Trinajstić information content (AvgIpc) is 3.05. The fourth-order valence-electron chi connectivity index (χ4n) is 3.48. The number of hydrogen-bond donors (Lipinski definition) is 1. The zero-order valence-electron chi connectivity index (χ0n) is 15.6. The van der Waals surface area contributed by atoms with E-state index in [9.17, 15) is 9.59 Å². The number of halogens is 1. The van der Waals surface area contributed by atoms with Crippen molar-refractivity contribution in [3.05, 3.63) is 34.9 Å². The highest BCUT2D eigenvalue weighted by Crippen LogP contribution is 2.30. The van der Waals surface area contributed by atoms with Crippen LogP contribution in [0.1, 0.15) is 37.8 Å². The normalized spacial score (nSPS) is 19.5. The Morgan fingerprint density at radius 3 is 2.85 bits per heavy atom. The summed E-state index contributed by atoms with van der Waals surface area (Å²) in [4.78, 5) is 29.0. The third kappa shape index (κ3) is 4.01. The van der Waals surface area contributed by atoms with Crippen LogP contribution in [0.5, 0.6) is 0 Å². The Morgan fingerprint density at radius 2 is 2.15 bits per heavy atom. The molecule has 2 heterocycles. The summed E-state index contributed by atoms with van der Waals surface area (Å²) in [6.45, 7) is 5.82. The zero-order chi connectivity index (χ0) is 19.6. The molecule has 1 aromatic rings. The highest BCUT2D eigenvalue weighted by Gasteiger charge is 2.35. The molecule has 1 aromatic carbocycles. The first-order valence-corrected chi connectivity index (χ1v) is 10.2. The molecule has 1 fully saturated rings. The highest BCUT2D eigenvalue weighted by molar-refractivity contribution is 7.80. The van der Waals surface area contributed by atoms with E-state index in [2.05, 4.69) is 22.3 Å². The van der Waals surface area contributed by atoms with E-state index < -0.39 is 5.91 Å². The predicted molar refractivity (Wildman–Crippen MR) is 113 cm³/mol. The summed E-state index contributed by atoms with van der Waals surface area (Å²) in [6.07, 6.45) is 4.33. The van der Waals surface area contributed by atoms with Crippen LogP contribution in [0, 0.1) is 0 Å². The minimum absolute atomic E-state index is 0.0653. The smallest absolute Gasteiger partial charge is 0.265 e. The minimum Gasteiger partial charge on any atom is -0.371 e. The first kappa shape index (κ1) is 19.8. The van der Waals surface area contributed by atoms with E-state index in [4.69, 9.17) is 23.8 Å².